The second-order valence-electron chi connectivity index (χ2n) is 5.24. The summed E-state index contributed by atoms with van der Waals surface area (Å²) in [6.07, 6.45) is 0.512. The number of hydrogen-bond donors (Lipinski definition) is 2. The van der Waals surface area contributed by atoms with E-state index in [1.165, 1.54) is 18.2 Å². The van der Waals surface area contributed by atoms with Crippen LogP contribution in [0.3, 0.4) is 0 Å². The van der Waals surface area contributed by atoms with Crippen LogP contribution in [-0.4, -0.2) is 24.5 Å². The van der Waals surface area contributed by atoms with E-state index >= 15 is 0 Å². The number of hydrogen-bond acceptors (Lipinski definition) is 2. The highest BCUT2D eigenvalue weighted by atomic mass is 19.1. The van der Waals surface area contributed by atoms with Gasteiger partial charge in [-0.3, -0.25) is 4.79 Å². The Kier molecular flexibility index (Phi) is 4.23. The van der Waals surface area contributed by atoms with Crippen LogP contribution in [0.15, 0.2) is 54.6 Å². The van der Waals surface area contributed by atoms with E-state index in [1.54, 1.807) is 11.0 Å². The summed E-state index contributed by atoms with van der Waals surface area (Å²) in [5.74, 6) is -0.689. The normalized spacial score (nSPS) is 17.2. The molecule has 0 radical (unpaired) electrons. The van der Waals surface area contributed by atoms with E-state index in [2.05, 4.69) is 10.6 Å². The fourth-order valence-electron chi connectivity index (χ4n) is 2.56. The van der Waals surface area contributed by atoms with Crippen molar-refractivity contribution in [2.75, 3.05) is 16.8 Å². The molecule has 1 aliphatic rings. The molecule has 2 N–H and O–H groups in total. The van der Waals surface area contributed by atoms with Crippen molar-refractivity contribution < 1.29 is 14.0 Å². The van der Waals surface area contributed by atoms with E-state index in [1.807, 2.05) is 30.3 Å². The third-order valence-electron chi connectivity index (χ3n) is 3.70. The quantitative estimate of drug-likeness (QED) is 0.915. The lowest BCUT2D eigenvalue weighted by molar-refractivity contribution is -0.118. The van der Waals surface area contributed by atoms with Gasteiger partial charge in [0.1, 0.15) is 11.9 Å². The largest absolute Gasteiger partial charge is 0.326 e. The number of carbonyl (C=O) groups excluding carboxylic acids is 2. The molecular formula is C17H16FN3O2. The summed E-state index contributed by atoms with van der Waals surface area (Å²) < 4.78 is 13.5. The van der Waals surface area contributed by atoms with Crippen LogP contribution in [-0.2, 0) is 4.79 Å². The lowest BCUT2D eigenvalue weighted by Crippen LogP contribution is -2.43. The number of carbonyl (C=O) groups is 2. The number of nitrogens with one attached hydrogen (secondary N) is 2. The van der Waals surface area contributed by atoms with Gasteiger partial charge in [-0.2, -0.15) is 0 Å². The van der Waals surface area contributed by atoms with Gasteiger partial charge in [0.05, 0.1) is 5.69 Å². The Morgan fingerprint density at radius 2 is 1.78 bits per heavy atom. The molecule has 1 atom stereocenters. The maximum atomic E-state index is 13.5. The summed E-state index contributed by atoms with van der Waals surface area (Å²) >= 11 is 0. The van der Waals surface area contributed by atoms with Gasteiger partial charge in [0, 0.05) is 12.2 Å². The van der Waals surface area contributed by atoms with E-state index in [0.717, 1.165) is 5.69 Å². The van der Waals surface area contributed by atoms with Gasteiger partial charge >= 0.3 is 6.03 Å². The summed E-state index contributed by atoms with van der Waals surface area (Å²) in [6, 6.07) is 14.0. The molecule has 0 aliphatic carbocycles. The monoisotopic (exact) mass is 313 g/mol. The third-order valence-corrected chi connectivity index (χ3v) is 3.70. The number of benzene rings is 2. The van der Waals surface area contributed by atoms with Crippen LogP contribution in [0, 0.1) is 5.82 Å². The van der Waals surface area contributed by atoms with Crippen LogP contribution >= 0.6 is 0 Å². The Bertz CT molecular complexity index is 721. The number of halogens is 1. The first-order valence-electron chi connectivity index (χ1n) is 7.33. The second-order valence-corrected chi connectivity index (χ2v) is 5.24. The highest BCUT2D eigenvalue weighted by Gasteiger charge is 2.33. The molecule has 1 saturated heterocycles. The maximum absolute atomic E-state index is 13.5. The minimum absolute atomic E-state index is 0.0790. The fraction of sp³-hybridized carbons (Fsp3) is 0.176. The zero-order chi connectivity index (χ0) is 16.2. The summed E-state index contributed by atoms with van der Waals surface area (Å²) in [5.41, 5.74) is 0.881. The molecule has 0 aromatic heterocycles. The SMILES string of the molecule is O=C(Nc1ccccc1F)N[C@@H]1CCN(c2ccccc2)C1=O. The molecule has 6 heteroatoms. The molecule has 1 aliphatic heterocycles. The third kappa shape index (κ3) is 3.31. The number of rotatable bonds is 3. The van der Waals surface area contributed by atoms with Crippen molar-refractivity contribution in [2.45, 2.75) is 12.5 Å². The van der Waals surface area contributed by atoms with E-state index in [-0.39, 0.29) is 11.6 Å². The number of para-hydroxylation sites is 2. The van der Waals surface area contributed by atoms with Crippen molar-refractivity contribution in [1.29, 1.82) is 0 Å². The first-order chi connectivity index (χ1) is 11.1. The maximum Gasteiger partial charge on any atom is 0.319 e. The Morgan fingerprint density at radius 1 is 1.09 bits per heavy atom. The molecule has 1 heterocycles. The van der Waals surface area contributed by atoms with Crippen LogP contribution in [0.4, 0.5) is 20.6 Å². The summed E-state index contributed by atoms with van der Waals surface area (Å²) in [6.45, 7) is 0.535. The smallest absolute Gasteiger partial charge is 0.319 e. The van der Waals surface area contributed by atoms with Gasteiger partial charge in [-0.05, 0) is 30.7 Å². The van der Waals surface area contributed by atoms with E-state index in [9.17, 15) is 14.0 Å². The van der Waals surface area contributed by atoms with Gasteiger partial charge in [0.25, 0.3) is 0 Å². The fourth-order valence-corrected chi connectivity index (χ4v) is 2.56. The molecule has 5 nitrogen and oxygen atoms in total. The molecule has 3 rings (SSSR count). The Morgan fingerprint density at radius 3 is 2.52 bits per heavy atom. The molecule has 1 fully saturated rings. The average Bonchev–Trinajstić information content (AvgIpc) is 2.91. The summed E-state index contributed by atoms with van der Waals surface area (Å²) in [4.78, 5) is 26.0. The van der Waals surface area contributed by atoms with Crippen molar-refractivity contribution in [3.8, 4) is 0 Å². The Hall–Kier alpha value is -2.89. The zero-order valence-electron chi connectivity index (χ0n) is 12.3. The van der Waals surface area contributed by atoms with E-state index in [0.29, 0.717) is 13.0 Å². The van der Waals surface area contributed by atoms with Crippen LogP contribution < -0.4 is 15.5 Å². The predicted octanol–water partition coefficient (Wildman–Crippen LogP) is 2.75. The molecular weight excluding hydrogens is 297 g/mol. The van der Waals surface area contributed by atoms with Gasteiger partial charge < -0.3 is 15.5 Å². The topological polar surface area (TPSA) is 61.4 Å². The van der Waals surface area contributed by atoms with Crippen molar-refractivity contribution in [3.63, 3.8) is 0 Å². The van der Waals surface area contributed by atoms with Crippen LogP contribution in [0.2, 0.25) is 0 Å². The lowest BCUT2D eigenvalue weighted by Gasteiger charge is -2.17. The number of amides is 3. The van der Waals surface area contributed by atoms with Crippen molar-refractivity contribution in [3.05, 3.63) is 60.4 Å². The average molecular weight is 313 g/mol. The van der Waals surface area contributed by atoms with Crippen LogP contribution in [0.5, 0.6) is 0 Å². The standard InChI is InChI=1S/C17H16FN3O2/c18-13-8-4-5-9-14(13)19-17(23)20-15-10-11-21(16(15)22)12-6-2-1-3-7-12/h1-9,15H,10-11H2,(H2,19,20,23)/t15-/m1/s1. The van der Waals surface area contributed by atoms with Gasteiger partial charge in [0.2, 0.25) is 5.91 Å². The van der Waals surface area contributed by atoms with Gasteiger partial charge in [-0.15, -0.1) is 0 Å². The zero-order valence-corrected chi connectivity index (χ0v) is 12.3. The van der Waals surface area contributed by atoms with Crippen molar-refractivity contribution in [1.82, 2.24) is 5.32 Å². The van der Waals surface area contributed by atoms with Crippen LogP contribution in [0.1, 0.15) is 6.42 Å². The molecule has 118 valence electrons. The first-order valence-corrected chi connectivity index (χ1v) is 7.33. The molecule has 0 bridgehead atoms. The molecule has 23 heavy (non-hydrogen) atoms. The Balaban J connectivity index is 1.62. The lowest BCUT2D eigenvalue weighted by atomic mass is 10.2. The number of urea groups is 1. The molecule has 0 spiro atoms. The number of nitrogens with zero attached hydrogens (tertiary/aromatic N) is 1. The molecule has 0 saturated carbocycles. The molecule has 2 aromatic carbocycles. The van der Waals surface area contributed by atoms with Gasteiger partial charge in [0.15, 0.2) is 0 Å². The second kappa shape index (κ2) is 6.48. The molecule has 3 amide bonds. The van der Waals surface area contributed by atoms with Gasteiger partial charge in [-0.1, -0.05) is 30.3 Å². The van der Waals surface area contributed by atoms with Crippen molar-refractivity contribution >= 4 is 23.3 Å². The van der Waals surface area contributed by atoms with E-state index < -0.39 is 17.9 Å². The highest BCUT2D eigenvalue weighted by molar-refractivity contribution is 6.02. The number of anilines is 2. The van der Waals surface area contributed by atoms with E-state index in [4.69, 9.17) is 0 Å². The Labute approximate surface area is 133 Å². The molecule has 0 unspecified atom stereocenters. The van der Waals surface area contributed by atoms with Gasteiger partial charge in [-0.25, -0.2) is 9.18 Å². The summed E-state index contributed by atoms with van der Waals surface area (Å²) in [5, 5.41) is 5.01. The highest BCUT2D eigenvalue weighted by Crippen LogP contribution is 2.21. The molecule has 2 aromatic rings. The predicted molar refractivity (Wildman–Crippen MR) is 85.8 cm³/mol. The van der Waals surface area contributed by atoms with Crippen LogP contribution in [0.25, 0.3) is 0 Å². The minimum Gasteiger partial charge on any atom is -0.326 e. The summed E-state index contributed by atoms with van der Waals surface area (Å²) in [7, 11) is 0. The first kappa shape index (κ1) is 15.0. The van der Waals surface area contributed by atoms with Crippen molar-refractivity contribution in [2.24, 2.45) is 0 Å². The minimum atomic E-state index is -0.609.